The van der Waals surface area contributed by atoms with Crippen molar-refractivity contribution >= 4 is 11.8 Å². The molecular formula is C14H26N2O4. The van der Waals surface area contributed by atoms with Gasteiger partial charge in [-0.2, -0.15) is 0 Å². The maximum absolute atomic E-state index is 11.4. The maximum atomic E-state index is 11.4. The highest BCUT2D eigenvalue weighted by Crippen LogP contribution is 2.12. The molecule has 1 unspecified atom stereocenters. The molecule has 0 radical (unpaired) electrons. The van der Waals surface area contributed by atoms with Crippen molar-refractivity contribution in [2.24, 2.45) is 0 Å². The lowest BCUT2D eigenvalue weighted by molar-refractivity contribution is -0.128. The lowest BCUT2D eigenvalue weighted by atomic mass is 10.2. The number of rotatable bonds is 5. The zero-order chi connectivity index (χ0) is 15.0. The number of hydrogen-bond acceptors (Lipinski definition) is 4. The molecule has 2 amide bonds. The quantitative estimate of drug-likeness (QED) is 0.762. The second kappa shape index (κ2) is 8.92. The van der Waals surface area contributed by atoms with E-state index in [9.17, 15) is 9.59 Å². The van der Waals surface area contributed by atoms with Crippen LogP contribution in [0.15, 0.2) is 0 Å². The molecule has 116 valence electrons. The summed E-state index contributed by atoms with van der Waals surface area (Å²) < 4.78 is 10.1. The minimum Gasteiger partial charge on any atom is -0.351 e. The van der Waals surface area contributed by atoms with Crippen LogP contribution in [0.1, 0.15) is 40.0 Å². The molecule has 2 aliphatic heterocycles. The van der Waals surface area contributed by atoms with E-state index in [4.69, 9.17) is 9.47 Å². The number of nitrogens with zero attached hydrogens (tertiary/aromatic N) is 2. The molecular weight excluding hydrogens is 260 g/mol. The third kappa shape index (κ3) is 5.09. The number of ether oxygens (including phenoxy) is 2. The van der Waals surface area contributed by atoms with Crippen molar-refractivity contribution in [3.05, 3.63) is 0 Å². The van der Waals surface area contributed by atoms with Gasteiger partial charge in [0.1, 0.15) is 26.7 Å². The molecule has 20 heavy (non-hydrogen) atoms. The SMILES string of the molecule is CC(CCN1COCC1=O)N1COCC1=O.CCCC. The molecule has 2 fully saturated rings. The van der Waals surface area contributed by atoms with Crippen molar-refractivity contribution in [2.45, 2.75) is 46.1 Å². The number of carbonyl (C=O) groups excluding carboxylic acids is 2. The number of amides is 2. The fourth-order valence-corrected chi connectivity index (χ4v) is 1.85. The summed E-state index contributed by atoms with van der Waals surface area (Å²) in [6, 6.07) is 0.100. The van der Waals surface area contributed by atoms with E-state index >= 15 is 0 Å². The Bertz CT molecular complexity index is 320. The molecule has 2 heterocycles. The molecule has 0 aromatic heterocycles. The van der Waals surface area contributed by atoms with Gasteiger partial charge in [0, 0.05) is 12.6 Å². The maximum Gasteiger partial charge on any atom is 0.250 e. The van der Waals surface area contributed by atoms with Gasteiger partial charge in [-0.15, -0.1) is 0 Å². The molecule has 2 saturated heterocycles. The first-order valence-electron chi connectivity index (χ1n) is 7.32. The van der Waals surface area contributed by atoms with Gasteiger partial charge in [0.15, 0.2) is 0 Å². The van der Waals surface area contributed by atoms with E-state index < -0.39 is 0 Å². The summed E-state index contributed by atoms with van der Waals surface area (Å²) in [6.07, 6.45) is 3.39. The van der Waals surface area contributed by atoms with E-state index in [2.05, 4.69) is 13.8 Å². The zero-order valence-electron chi connectivity index (χ0n) is 12.8. The second-order valence-electron chi connectivity index (χ2n) is 5.11. The average molecular weight is 286 g/mol. The van der Waals surface area contributed by atoms with Crippen molar-refractivity contribution in [1.29, 1.82) is 0 Å². The van der Waals surface area contributed by atoms with Gasteiger partial charge in [-0.3, -0.25) is 9.59 Å². The topological polar surface area (TPSA) is 59.1 Å². The summed E-state index contributed by atoms with van der Waals surface area (Å²) in [7, 11) is 0. The minimum absolute atomic E-state index is 0.0243. The largest absolute Gasteiger partial charge is 0.351 e. The Labute approximate surface area is 121 Å². The third-order valence-electron chi connectivity index (χ3n) is 3.45. The van der Waals surface area contributed by atoms with Gasteiger partial charge in [0.05, 0.1) is 0 Å². The normalized spacial score (nSPS) is 20.1. The van der Waals surface area contributed by atoms with E-state index in [-0.39, 0.29) is 31.1 Å². The molecule has 0 saturated carbocycles. The molecule has 0 aromatic rings. The van der Waals surface area contributed by atoms with Crippen LogP contribution in [0.3, 0.4) is 0 Å². The third-order valence-corrected chi connectivity index (χ3v) is 3.45. The van der Waals surface area contributed by atoms with Gasteiger partial charge in [-0.1, -0.05) is 26.7 Å². The van der Waals surface area contributed by atoms with Crippen molar-refractivity contribution in [2.75, 3.05) is 33.2 Å². The molecule has 0 aliphatic carbocycles. The van der Waals surface area contributed by atoms with Gasteiger partial charge in [-0.25, -0.2) is 0 Å². The highest BCUT2D eigenvalue weighted by molar-refractivity contribution is 5.79. The van der Waals surface area contributed by atoms with Crippen LogP contribution < -0.4 is 0 Å². The summed E-state index contributed by atoms with van der Waals surface area (Å²) in [5, 5.41) is 0. The molecule has 6 nitrogen and oxygen atoms in total. The lowest BCUT2D eigenvalue weighted by Crippen LogP contribution is -2.38. The molecule has 2 aliphatic rings. The standard InChI is InChI=1S/C10H16N2O4.C4H10/c1-8(12-7-16-5-10(12)14)2-3-11-6-15-4-9(11)13;1-3-4-2/h8H,2-7H2,1H3;3-4H2,1-2H3. The first-order valence-corrected chi connectivity index (χ1v) is 7.32. The van der Waals surface area contributed by atoms with Gasteiger partial charge in [-0.05, 0) is 13.3 Å². The van der Waals surface area contributed by atoms with E-state index in [1.807, 2.05) is 6.92 Å². The first-order chi connectivity index (χ1) is 9.60. The van der Waals surface area contributed by atoms with Crippen LogP contribution in [0.4, 0.5) is 0 Å². The van der Waals surface area contributed by atoms with Crippen LogP contribution >= 0.6 is 0 Å². The van der Waals surface area contributed by atoms with E-state index in [0.29, 0.717) is 20.0 Å². The zero-order valence-corrected chi connectivity index (χ0v) is 12.8. The van der Waals surface area contributed by atoms with Gasteiger partial charge in [0.2, 0.25) is 5.91 Å². The fraction of sp³-hybridized carbons (Fsp3) is 0.857. The first kappa shape index (κ1) is 16.9. The van der Waals surface area contributed by atoms with Crippen LogP contribution in [0.25, 0.3) is 0 Å². The molecule has 0 aromatic carbocycles. The van der Waals surface area contributed by atoms with E-state index in [1.54, 1.807) is 9.80 Å². The van der Waals surface area contributed by atoms with Crippen molar-refractivity contribution in [1.82, 2.24) is 9.80 Å². The molecule has 1 atom stereocenters. The number of hydrogen-bond donors (Lipinski definition) is 0. The predicted octanol–water partition coefficient (Wildman–Crippen LogP) is 1.20. The Kier molecular flexibility index (Phi) is 7.54. The summed E-state index contributed by atoms with van der Waals surface area (Å²) in [6.45, 7) is 8.05. The molecule has 0 spiro atoms. The summed E-state index contributed by atoms with van der Waals surface area (Å²) in [4.78, 5) is 26.0. The summed E-state index contributed by atoms with van der Waals surface area (Å²) in [5.41, 5.74) is 0. The van der Waals surface area contributed by atoms with Crippen LogP contribution in [-0.2, 0) is 19.1 Å². The van der Waals surface area contributed by atoms with Crippen molar-refractivity contribution in [3.63, 3.8) is 0 Å². The summed E-state index contributed by atoms with van der Waals surface area (Å²) >= 11 is 0. The Morgan fingerprint density at radius 1 is 1.05 bits per heavy atom. The molecule has 6 heteroatoms. The van der Waals surface area contributed by atoms with E-state index in [0.717, 1.165) is 6.42 Å². The highest BCUT2D eigenvalue weighted by atomic mass is 16.5. The molecule has 0 N–H and O–H groups in total. The average Bonchev–Trinajstić information content (AvgIpc) is 3.05. The minimum atomic E-state index is 0.0243. The van der Waals surface area contributed by atoms with Crippen LogP contribution in [0, 0.1) is 0 Å². The van der Waals surface area contributed by atoms with E-state index in [1.165, 1.54) is 12.8 Å². The highest BCUT2D eigenvalue weighted by Gasteiger charge is 2.27. The van der Waals surface area contributed by atoms with Crippen LogP contribution in [-0.4, -0.2) is 60.9 Å². The molecule has 2 rings (SSSR count). The predicted molar refractivity (Wildman–Crippen MR) is 74.9 cm³/mol. The van der Waals surface area contributed by atoms with Gasteiger partial charge >= 0.3 is 0 Å². The van der Waals surface area contributed by atoms with Crippen molar-refractivity contribution in [3.8, 4) is 0 Å². The Hall–Kier alpha value is -1.14. The van der Waals surface area contributed by atoms with Crippen LogP contribution in [0.5, 0.6) is 0 Å². The Morgan fingerprint density at radius 2 is 1.65 bits per heavy atom. The number of carbonyl (C=O) groups is 2. The monoisotopic (exact) mass is 286 g/mol. The Morgan fingerprint density at radius 3 is 2.10 bits per heavy atom. The lowest BCUT2D eigenvalue weighted by Gasteiger charge is -2.24. The second-order valence-corrected chi connectivity index (χ2v) is 5.11. The number of unbranched alkanes of at least 4 members (excludes halogenated alkanes) is 1. The fourth-order valence-electron chi connectivity index (χ4n) is 1.85. The molecule has 0 bridgehead atoms. The van der Waals surface area contributed by atoms with Gasteiger partial charge in [0.25, 0.3) is 5.91 Å². The smallest absolute Gasteiger partial charge is 0.250 e. The van der Waals surface area contributed by atoms with Crippen LogP contribution in [0.2, 0.25) is 0 Å². The Balaban J connectivity index is 0.000000444. The van der Waals surface area contributed by atoms with Crippen molar-refractivity contribution < 1.29 is 19.1 Å². The van der Waals surface area contributed by atoms with Gasteiger partial charge < -0.3 is 19.3 Å². The summed E-state index contributed by atoms with van der Waals surface area (Å²) in [5.74, 6) is 0.0488.